The molecule has 0 saturated heterocycles. The smallest absolute Gasteiger partial charge is 0.255 e. The van der Waals surface area contributed by atoms with E-state index in [1.165, 1.54) is 0 Å². The van der Waals surface area contributed by atoms with Crippen LogP contribution in [-0.4, -0.2) is 13.0 Å². The molecule has 0 aliphatic heterocycles. The largest absolute Gasteiger partial charge is 0.496 e. The van der Waals surface area contributed by atoms with E-state index in [2.05, 4.69) is 5.32 Å². The fourth-order valence-electron chi connectivity index (χ4n) is 2.16. The molecule has 3 nitrogen and oxygen atoms in total. The molecule has 0 aliphatic rings. The number of ether oxygens (including phenoxy) is 1. The van der Waals surface area contributed by atoms with E-state index in [4.69, 9.17) is 4.74 Å². The first-order chi connectivity index (χ1) is 9.52. The van der Waals surface area contributed by atoms with Gasteiger partial charge >= 0.3 is 0 Å². The van der Waals surface area contributed by atoms with Crippen LogP contribution < -0.4 is 10.1 Å². The lowest BCUT2D eigenvalue weighted by atomic mass is 10.1. The van der Waals surface area contributed by atoms with Crippen LogP contribution in [0, 0.1) is 20.8 Å². The standard InChI is InChI=1S/C17H19NO2/c1-11-8-9-14(10-15(11)20-4)17(19)18-16-12(2)6-5-7-13(16)3/h5-10H,1-4H3,(H,18,19). The van der Waals surface area contributed by atoms with Crippen LogP contribution in [0.25, 0.3) is 0 Å². The van der Waals surface area contributed by atoms with Gasteiger partial charge in [0, 0.05) is 11.3 Å². The molecule has 1 N–H and O–H groups in total. The number of nitrogens with one attached hydrogen (secondary N) is 1. The molecule has 0 heterocycles. The minimum atomic E-state index is -0.124. The second-order valence-electron chi connectivity index (χ2n) is 4.91. The van der Waals surface area contributed by atoms with E-state index in [9.17, 15) is 4.79 Å². The van der Waals surface area contributed by atoms with E-state index >= 15 is 0 Å². The molecule has 0 atom stereocenters. The SMILES string of the molecule is COc1cc(C(=O)Nc2c(C)cccc2C)ccc1C. The van der Waals surface area contributed by atoms with Crippen molar-refractivity contribution in [2.24, 2.45) is 0 Å². The van der Waals surface area contributed by atoms with Crippen molar-refractivity contribution in [1.82, 2.24) is 0 Å². The Hall–Kier alpha value is -2.29. The van der Waals surface area contributed by atoms with E-state index in [-0.39, 0.29) is 5.91 Å². The van der Waals surface area contributed by atoms with Crippen molar-refractivity contribution >= 4 is 11.6 Å². The van der Waals surface area contributed by atoms with Crippen LogP contribution in [0.3, 0.4) is 0 Å². The number of amides is 1. The Morgan fingerprint density at radius 3 is 2.25 bits per heavy atom. The van der Waals surface area contributed by atoms with Crippen LogP contribution in [0.2, 0.25) is 0 Å². The number of rotatable bonds is 3. The highest BCUT2D eigenvalue weighted by Gasteiger charge is 2.11. The van der Waals surface area contributed by atoms with E-state index in [1.807, 2.05) is 45.0 Å². The number of aryl methyl sites for hydroxylation is 3. The molecule has 0 aliphatic carbocycles. The van der Waals surface area contributed by atoms with Gasteiger partial charge in [0.25, 0.3) is 5.91 Å². The average Bonchev–Trinajstić information content (AvgIpc) is 2.43. The van der Waals surface area contributed by atoms with Gasteiger partial charge < -0.3 is 10.1 Å². The summed E-state index contributed by atoms with van der Waals surface area (Å²) in [7, 11) is 1.61. The van der Waals surface area contributed by atoms with Crippen LogP contribution in [0.5, 0.6) is 5.75 Å². The zero-order valence-corrected chi connectivity index (χ0v) is 12.3. The van der Waals surface area contributed by atoms with E-state index in [0.29, 0.717) is 5.56 Å². The van der Waals surface area contributed by atoms with Gasteiger partial charge in [0.05, 0.1) is 7.11 Å². The van der Waals surface area contributed by atoms with Crippen molar-refractivity contribution in [3.63, 3.8) is 0 Å². The van der Waals surface area contributed by atoms with Crippen molar-refractivity contribution in [3.8, 4) is 5.75 Å². The molecule has 20 heavy (non-hydrogen) atoms. The summed E-state index contributed by atoms with van der Waals surface area (Å²) >= 11 is 0. The highest BCUT2D eigenvalue weighted by molar-refractivity contribution is 6.05. The third-order valence-corrected chi connectivity index (χ3v) is 3.39. The average molecular weight is 269 g/mol. The minimum Gasteiger partial charge on any atom is -0.496 e. The fourth-order valence-corrected chi connectivity index (χ4v) is 2.16. The minimum absolute atomic E-state index is 0.124. The Balaban J connectivity index is 2.29. The van der Waals surface area contributed by atoms with Crippen molar-refractivity contribution in [2.45, 2.75) is 20.8 Å². The molecule has 104 valence electrons. The monoisotopic (exact) mass is 269 g/mol. The van der Waals surface area contributed by atoms with Gasteiger partial charge in [-0.2, -0.15) is 0 Å². The molecule has 0 fully saturated rings. The van der Waals surface area contributed by atoms with Gasteiger partial charge in [0.2, 0.25) is 0 Å². The fraction of sp³-hybridized carbons (Fsp3) is 0.235. The molecule has 0 saturated carbocycles. The number of hydrogen-bond donors (Lipinski definition) is 1. The number of methoxy groups -OCH3 is 1. The third kappa shape index (κ3) is 2.82. The number of benzene rings is 2. The zero-order chi connectivity index (χ0) is 14.7. The van der Waals surface area contributed by atoms with Gasteiger partial charge in [-0.3, -0.25) is 4.79 Å². The van der Waals surface area contributed by atoms with Crippen LogP contribution in [0.1, 0.15) is 27.0 Å². The lowest BCUT2D eigenvalue weighted by molar-refractivity contribution is 0.102. The summed E-state index contributed by atoms with van der Waals surface area (Å²) in [5, 5.41) is 2.97. The molecule has 0 radical (unpaired) electrons. The van der Waals surface area contributed by atoms with E-state index in [1.54, 1.807) is 19.2 Å². The number of anilines is 1. The topological polar surface area (TPSA) is 38.3 Å². The van der Waals surface area contributed by atoms with Crippen LogP contribution in [0.15, 0.2) is 36.4 Å². The van der Waals surface area contributed by atoms with Crippen molar-refractivity contribution in [1.29, 1.82) is 0 Å². The Morgan fingerprint density at radius 1 is 1.00 bits per heavy atom. The summed E-state index contributed by atoms with van der Waals surface area (Å²) in [6.07, 6.45) is 0. The number of carbonyl (C=O) groups is 1. The molecule has 3 heteroatoms. The van der Waals surface area contributed by atoms with Gasteiger partial charge in [-0.25, -0.2) is 0 Å². The molecule has 2 rings (SSSR count). The van der Waals surface area contributed by atoms with Crippen LogP contribution >= 0.6 is 0 Å². The Kier molecular flexibility index (Phi) is 4.08. The molecule has 0 bridgehead atoms. The molecular formula is C17H19NO2. The second kappa shape index (κ2) is 5.78. The predicted octanol–water partition coefficient (Wildman–Crippen LogP) is 3.87. The highest BCUT2D eigenvalue weighted by atomic mass is 16.5. The summed E-state index contributed by atoms with van der Waals surface area (Å²) in [5.41, 5.74) is 4.58. The Morgan fingerprint density at radius 2 is 1.65 bits per heavy atom. The molecule has 1 amide bonds. The number of carbonyl (C=O) groups excluding carboxylic acids is 1. The molecule has 2 aromatic rings. The van der Waals surface area contributed by atoms with Crippen LogP contribution in [-0.2, 0) is 0 Å². The van der Waals surface area contributed by atoms with Gasteiger partial charge in [-0.15, -0.1) is 0 Å². The summed E-state index contributed by atoms with van der Waals surface area (Å²) in [5.74, 6) is 0.597. The molecule has 0 aromatic heterocycles. The third-order valence-electron chi connectivity index (χ3n) is 3.39. The van der Waals surface area contributed by atoms with E-state index in [0.717, 1.165) is 28.1 Å². The molecule has 2 aromatic carbocycles. The van der Waals surface area contributed by atoms with Crippen molar-refractivity contribution < 1.29 is 9.53 Å². The second-order valence-corrected chi connectivity index (χ2v) is 4.91. The van der Waals surface area contributed by atoms with Gasteiger partial charge in [0.1, 0.15) is 5.75 Å². The Bertz CT molecular complexity index is 627. The van der Waals surface area contributed by atoms with Gasteiger partial charge in [0.15, 0.2) is 0 Å². The maximum atomic E-state index is 12.3. The lowest BCUT2D eigenvalue weighted by Crippen LogP contribution is -2.14. The van der Waals surface area contributed by atoms with E-state index < -0.39 is 0 Å². The van der Waals surface area contributed by atoms with Gasteiger partial charge in [-0.05, 0) is 49.6 Å². The number of para-hydroxylation sites is 1. The molecule has 0 spiro atoms. The summed E-state index contributed by atoms with van der Waals surface area (Å²) < 4.78 is 5.25. The zero-order valence-electron chi connectivity index (χ0n) is 12.3. The quantitative estimate of drug-likeness (QED) is 0.918. The normalized spacial score (nSPS) is 10.2. The lowest BCUT2D eigenvalue weighted by Gasteiger charge is -2.12. The predicted molar refractivity (Wildman–Crippen MR) is 81.6 cm³/mol. The maximum absolute atomic E-state index is 12.3. The maximum Gasteiger partial charge on any atom is 0.255 e. The molecule has 0 unspecified atom stereocenters. The summed E-state index contributed by atoms with van der Waals surface area (Å²) in [6, 6.07) is 11.4. The summed E-state index contributed by atoms with van der Waals surface area (Å²) in [6.45, 7) is 5.92. The Labute approximate surface area is 119 Å². The van der Waals surface area contributed by atoms with Crippen molar-refractivity contribution in [3.05, 3.63) is 58.7 Å². The first-order valence-electron chi connectivity index (χ1n) is 6.55. The highest BCUT2D eigenvalue weighted by Crippen LogP contribution is 2.22. The van der Waals surface area contributed by atoms with Crippen molar-refractivity contribution in [2.75, 3.05) is 12.4 Å². The number of hydrogen-bond acceptors (Lipinski definition) is 2. The summed E-state index contributed by atoms with van der Waals surface area (Å²) in [4.78, 5) is 12.3. The first kappa shape index (κ1) is 14.1. The first-order valence-corrected chi connectivity index (χ1v) is 6.55. The van der Waals surface area contributed by atoms with Gasteiger partial charge in [-0.1, -0.05) is 24.3 Å². The molecular weight excluding hydrogens is 250 g/mol. The van der Waals surface area contributed by atoms with Crippen LogP contribution in [0.4, 0.5) is 5.69 Å².